The second kappa shape index (κ2) is 5.47. The van der Waals surface area contributed by atoms with Gasteiger partial charge in [-0.3, -0.25) is 9.69 Å². The molecule has 0 aromatic heterocycles. The molecule has 0 aliphatic carbocycles. The van der Waals surface area contributed by atoms with Crippen molar-refractivity contribution < 1.29 is 4.79 Å². The minimum absolute atomic E-state index is 0.151. The molecule has 1 aliphatic heterocycles. The van der Waals surface area contributed by atoms with Crippen LogP contribution in [0.5, 0.6) is 0 Å². The van der Waals surface area contributed by atoms with E-state index in [4.69, 9.17) is 5.73 Å². The van der Waals surface area contributed by atoms with Crippen LogP contribution in [0.2, 0.25) is 0 Å². The van der Waals surface area contributed by atoms with E-state index < -0.39 is 0 Å². The predicted molar refractivity (Wildman–Crippen MR) is 61.5 cm³/mol. The highest BCUT2D eigenvalue weighted by atomic mass is 16.2. The fourth-order valence-corrected chi connectivity index (χ4v) is 1.62. The first kappa shape index (κ1) is 12.5. The van der Waals surface area contributed by atoms with Crippen LogP contribution in [0.1, 0.15) is 26.7 Å². The highest BCUT2D eigenvalue weighted by molar-refractivity contribution is 5.78. The van der Waals surface area contributed by atoms with Gasteiger partial charge >= 0.3 is 0 Å². The van der Waals surface area contributed by atoms with Gasteiger partial charge in [-0.05, 0) is 31.3 Å². The Morgan fingerprint density at radius 3 is 2.93 bits per heavy atom. The molecule has 4 heteroatoms. The van der Waals surface area contributed by atoms with E-state index in [9.17, 15) is 4.79 Å². The summed E-state index contributed by atoms with van der Waals surface area (Å²) in [6, 6.07) is 0. The maximum atomic E-state index is 11.3. The number of carbonyl (C=O) groups excluding carboxylic acids is 1. The molecule has 4 nitrogen and oxygen atoms in total. The SMILES string of the molecule is CC(C)(CN)CCN1CCCNC(=O)C1. The normalized spacial score (nSPS) is 19.8. The van der Waals surface area contributed by atoms with Gasteiger partial charge in [0.1, 0.15) is 0 Å². The van der Waals surface area contributed by atoms with Gasteiger partial charge in [-0.15, -0.1) is 0 Å². The summed E-state index contributed by atoms with van der Waals surface area (Å²) in [5, 5.41) is 2.88. The van der Waals surface area contributed by atoms with Gasteiger partial charge in [0.15, 0.2) is 0 Å². The van der Waals surface area contributed by atoms with Crippen molar-refractivity contribution in [1.82, 2.24) is 10.2 Å². The van der Waals surface area contributed by atoms with Crippen molar-refractivity contribution in [1.29, 1.82) is 0 Å². The number of carbonyl (C=O) groups is 1. The van der Waals surface area contributed by atoms with Gasteiger partial charge in [0.05, 0.1) is 6.54 Å². The summed E-state index contributed by atoms with van der Waals surface area (Å²) in [6.45, 7) is 8.39. The molecule has 0 saturated carbocycles. The number of nitrogens with zero attached hydrogens (tertiary/aromatic N) is 1. The highest BCUT2D eigenvalue weighted by Gasteiger charge is 2.19. The molecule has 1 rings (SSSR count). The zero-order valence-corrected chi connectivity index (χ0v) is 9.88. The number of amides is 1. The van der Waals surface area contributed by atoms with Crippen molar-refractivity contribution in [2.45, 2.75) is 26.7 Å². The summed E-state index contributed by atoms with van der Waals surface area (Å²) in [4.78, 5) is 13.5. The number of rotatable bonds is 4. The van der Waals surface area contributed by atoms with Gasteiger partial charge in [0.2, 0.25) is 5.91 Å². The van der Waals surface area contributed by atoms with E-state index in [2.05, 4.69) is 24.1 Å². The average Bonchev–Trinajstić information content (AvgIpc) is 2.40. The Morgan fingerprint density at radius 1 is 1.53 bits per heavy atom. The first-order chi connectivity index (χ1) is 7.03. The zero-order valence-electron chi connectivity index (χ0n) is 9.88. The average molecular weight is 213 g/mol. The van der Waals surface area contributed by atoms with Crippen LogP contribution in [0.15, 0.2) is 0 Å². The second-order valence-electron chi connectivity index (χ2n) is 5.10. The topological polar surface area (TPSA) is 58.4 Å². The molecule has 0 radical (unpaired) electrons. The standard InChI is InChI=1S/C11H23N3O/c1-11(2,9-12)4-7-14-6-3-5-13-10(15)8-14/h3-9,12H2,1-2H3,(H,13,15). The lowest BCUT2D eigenvalue weighted by atomic mass is 9.89. The van der Waals surface area contributed by atoms with Gasteiger partial charge < -0.3 is 11.1 Å². The first-order valence-electron chi connectivity index (χ1n) is 5.73. The summed E-state index contributed by atoms with van der Waals surface area (Å²) in [6.07, 6.45) is 2.10. The third kappa shape index (κ3) is 4.62. The Morgan fingerprint density at radius 2 is 2.27 bits per heavy atom. The van der Waals surface area contributed by atoms with Crippen LogP contribution in [0.3, 0.4) is 0 Å². The van der Waals surface area contributed by atoms with Crippen molar-refractivity contribution in [2.24, 2.45) is 11.1 Å². The van der Waals surface area contributed by atoms with Crippen LogP contribution in [0.4, 0.5) is 0 Å². The van der Waals surface area contributed by atoms with Crippen LogP contribution >= 0.6 is 0 Å². The van der Waals surface area contributed by atoms with E-state index >= 15 is 0 Å². The molecule has 1 saturated heterocycles. The largest absolute Gasteiger partial charge is 0.355 e. The number of nitrogens with two attached hydrogens (primary N) is 1. The predicted octanol–water partition coefficient (Wildman–Crippen LogP) is 0.183. The van der Waals surface area contributed by atoms with Crippen molar-refractivity contribution in [3.05, 3.63) is 0 Å². The maximum Gasteiger partial charge on any atom is 0.234 e. The maximum absolute atomic E-state index is 11.3. The molecule has 15 heavy (non-hydrogen) atoms. The molecule has 0 aromatic carbocycles. The van der Waals surface area contributed by atoms with Crippen molar-refractivity contribution in [3.8, 4) is 0 Å². The van der Waals surface area contributed by atoms with Crippen molar-refractivity contribution in [2.75, 3.05) is 32.7 Å². The van der Waals surface area contributed by atoms with Crippen LogP contribution in [0.25, 0.3) is 0 Å². The Hall–Kier alpha value is -0.610. The summed E-state index contributed by atoms with van der Waals surface area (Å²) in [5.74, 6) is 0.151. The third-order valence-corrected chi connectivity index (χ3v) is 3.00. The summed E-state index contributed by atoms with van der Waals surface area (Å²) in [7, 11) is 0. The molecule has 0 spiro atoms. The van der Waals surface area contributed by atoms with Crippen molar-refractivity contribution in [3.63, 3.8) is 0 Å². The number of nitrogens with one attached hydrogen (secondary N) is 1. The molecular weight excluding hydrogens is 190 g/mol. The lowest BCUT2D eigenvalue weighted by molar-refractivity contribution is -0.121. The Balaban J connectivity index is 2.33. The molecule has 1 heterocycles. The van der Waals surface area contributed by atoms with E-state index in [0.29, 0.717) is 13.1 Å². The first-order valence-corrected chi connectivity index (χ1v) is 5.73. The highest BCUT2D eigenvalue weighted by Crippen LogP contribution is 2.18. The molecule has 1 fully saturated rings. The molecule has 1 aliphatic rings. The van der Waals surface area contributed by atoms with E-state index in [1.54, 1.807) is 0 Å². The number of hydrogen-bond donors (Lipinski definition) is 2. The summed E-state index contributed by atoms with van der Waals surface area (Å²) in [5.41, 5.74) is 5.87. The van der Waals surface area contributed by atoms with Gasteiger partial charge in [-0.25, -0.2) is 0 Å². The van der Waals surface area contributed by atoms with Gasteiger partial charge in [0.25, 0.3) is 0 Å². The molecule has 3 N–H and O–H groups in total. The number of hydrogen-bond acceptors (Lipinski definition) is 3. The molecule has 0 unspecified atom stereocenters. The van der Waals surface area contributed by atoms with Crippen molar-refractivity contribution >= 4 is 5.91 Å². The second-order valence-corrected chi connectivity index (χ2v) is 5.10. The molecule has 1 amide bonds. The summed E-state index contributed by atoms with van der Waals surface area (Å²) < 4.78 is 0. The Labute approximate surface area is 92.2 Å². The summed E-state index contributed by atoms with van der Waals surface area (Å²) >= 11 is 0. The van der Waals surface area contributed by atoms with E-state index in [1.807, 2.05) is 0 Å². The van der Waals surface area contributed by atoms with Gasteiger partial charge in [-0.2, -0.15) is 0 Å². The molecule has 0 aromatic rings. The van der Waals surface area contributed by atoms with E-state index in [-0.39, 0.29) is 11.3 Å². The fraction of sp³-hybridized carbons (Fsp3) is 0.909. The van der Waals surface area contributed by atoms with Crippen LogP contribution < -0.4 is 11.1 Å². The Kier molecular flexibility index (Phi) is 4.54. The smallest absolute Gasteiger partial charge is 0.234 e. The van der Waals surface area contributed by atoms with E-state index in [1.165, 1.54) is 0 Å². The monoisotopic (exact) mass is 213 g/mol. The quantitative estimate of drug-likeness (QED) is 0.700. The molecule has 0 atom stereocenters. The van der Waals surface area contributed by atoms with Crippen LogP contribution in [-0.2, 0) is 4.79 Å². The fourth-order valence-electron chi connectivity index (χ4n) is 1.62. The molecule has 88 valence electrons. The third-order valence-electron chi connectivity index (χ3n) is 3.00. The lowest BCUT2D eigenvalue weighted by Gasteiger charge is -2.26. The van der Waals surface area contributed by atoms with E-state index in [0.717, 1.165) is 32.5 Å². The lowest BCUT2D eigenvalue weighted by Crippen LogP contribution is -2.36. The van der Waals surface area contributed by atoms with Gasteiger partial charge in [-0.1, -0.05) is 13.8 Å². The minimum Gasteiger partial charge on any atom is -0.355 e. The van der Waals surface area contributed by atoms with Gasteiger partial charge in [0, 0.05) is 13.1 Å². The minimum atomic E-state index is 0.151. The van der Waals surface area contributed by atoms with Crippen LogP contribution in [0, 0.1) is 5.41 Å². The molecular formula is C11H23N3O. The Bertz CT molecular complexity index is 216. The van der Waals surface area contributed by atoms with Crippen LogP contribution in [-0.4, -0.2) is 43.5 Å². The molecule has 0 bridgehead atoms. The zero-order chi connectivity index (χ0) is 11.3.